The number of thioether (sulfide) groups is 1. The molecular formula is C8H12F3N3S. The van der Waals surface area contributed by atoms with E-state index in [1.165, 1.54) is 18.8 Å². The SMILES string of the molecule is CC(C)CSc1nnc(C(F)(F)F)n1C. The van der Waals surface area contributed by atoms with Crippen LogP contribution in [-0.2, 0) is 13.2 Å². The van der Waals surface area contributed by atoms with Crippen LogP contribution in [0.25, 0.3) is 0 Å². The molecule has 0 fully saturated rings. The van der Waals surface area contributed by atoms with Crippen LogP contribution in [0.5, 0.6) is 0 Å². The number of aromatic nitrogens is 3. The molecule has 0 saturated heterocycles. The molecule has 0 aliphatic heterocycles. The van der Waals surface area contributed by atoms with Gasteiger partial charge in [-0.3, -0.25) is 0 Å². The number of halogens is 3. The molecule has 0 atom stereocenters. The van der Waals surface area contributed by atoms with E-state index in [1.807, 2.05) is 13.8 Å². The average Bonchev–Trinajstić information content (AvgIpc) is 2.42. The summed E-state index contributed by atoms with van der Waals surface area (Å²) in [5.41, 5.74) is 0. The van der Waals surface area contributed by atoms with E-state index in [4.69, 9.17) is 0 Å². The molecule has 0 amide bonds. The Balaban J connectivity index is 2.81. The first-order valence-electron chi connectivity index (χ1n) is 4.41. The van der Waals surface area contributed by atoms with Crippen LogP contribution in [0.3, 0.4) is 0 Å². The molecule has 0 aromatic carbocycles. The maximum atomic E-state index is 12.3. The summed E-state index contributed by atoms with van der Waals surface area (Å²) in [6.45, 7) is 3.99. The van der Waals surface area contributed by atoms with E-state index in [0.717, 1.165) is 10.3 Å². The van der Waals surface area contributed by atoms with Crippen LogP contribution in [0.4, 0.5) is 13.2 Å². The van der Waals surface area contributed by atoms with Crippen molar-refractivity contribution in [2.45, 2.75) is 25.2 Å². The van der Waals surface area contributed by atoms with Crippen molar-refractivity contribution >= 4 is 11.8 Å². The predicted octanol–water partition coefficient (Wildman–Crippen LogP) is 2.58. The van der Waals surface area contributed by atoms with Crippen LogP contribution in [0.1, 0.15) is 19.7 Å². The summed E-state index contributed by atoms with van der Waals surface area (Å²) in [7, 11) is 1.32. The molecular weight excluding hydrogens is 227 g/mol. The fourth-order valence-corrected chi connectivity index (χ4v) is 1.79. The van der Waals surface area contributed by atoms with Crippen molar-refractivity contribution in [2.24, 2.45) is 13.0 Å². The van der Waals surface area contributed by atoms with Crippen molar-refractivity contribution < 1.29 is 13.2 Å². The molecule has 1 heterocycles. The summed E-state index contributed by atoms with van der Waals surface area (Å²) in [6.07, 6.45) is -4.43. The maximum absolute atomic E-state index is 12.3. The summed E-state index contributed by atoms with van der Waals surface area (Å²) in [4.78, 5) is 0. The summed E-state index contributed by atoms with van der Waals surface area (Å²) >= 11 is 1.28. The van der Waals surface area contributed by atoms with Gasteiger partial charge in [-0.15, -0.1) is 10.2 Å². The van der Waals surface area contributed by atoms with Crippen molar-refractivity contribution in [3.05, 3.63) is 5.82 Å². The summed E-state index contributed by atoms with van der Waals surface area (Å²) in [6, 6.07) is 0. The van der Waals surface area contributed by atoms with Crippen LogP contribution < -0.4 is 0 Å². The standard InChI is InChI=1S/C8H12F3N3S/c1-5(2)4-15-7-13-12-6(14(7)3)8(9,10)11/h5H,4H2,1-3H3. The molecule has 3 nitrogen and oxygen atoms in total. The van der Waals surface area contributed by atoms with E-state index in [9.17, 15) is 13.2 Å². The summed E-state index contributed by atoms with van der Waals surface area (Å²) in [5.74, 6) is 0.180. The lowest BCUT2D eigenvalue weighted by Crippen LogP contribution is -2.13. The smallest absolute Gasteiger partial charge is 0.302 e. The first kappa shape index (κ1) is 12.4. The van der Waals surface area contributed by atoms with Crippen LogP contribution >= 0.6 is 11.8 Å². The third-order valence-electron chi connectivity index (χ3n) is 1.63. The number of hydrogen-bond acceptors (Lipinski definition) is 3. The molecule has 7 heteroatoms. The van der Waals surface area contributed by atoms with Gasteiger partial charge in [0.25, 0.3) is 0 Å². The summed E-state index contributed by atoms with van der Waals surface area (Å²) in [5, 5.41) is 6.94. The van der Waals surface area contributed by atoms with Gasteiger partial charge in [-0.2, -0.15) is 13.2 Å². The van der Waals surface area contributed by atoms with Crippen molar-refractivity contribution in [2.75, 3.05) is 5.75 Å². The highest BCUT2D eigenvalue weighted by Gasteiger charge is 2.37. The Morgan fingerprint density at radius 1 is 1.33 bits per heavy atom. The van der Waals surface area contributed by atoms with Crippen molar-refractivity contribution in [3.8, 4) is 0 Å². The van der Waals surface area contributed by atoms with Gasteiger partial charge in [0, 0.05) is 12.8 Å². The largest absolute Gasteiger partial charge is 0.451 e. The Morgan fingerprint density at radius 3 is 2.33 bits per heavy atom. The molecule has 0 bridgehead atoms. The lowest BCUT2D eigenvalue weighted by atomic mass is 10.3. The zero-order chi connectivity index (χ0) is 11.6. The predicted molar refractivity (Wildman–Crippen MR) is 51.6 cm³/mol. The zero-order valence-electron chi connectivity index (χ0n) is 8.67. The van der Waals surface area contributed by atoms with Gasteiger partial charge in [-0.1, -0.05) is 25.6 Å². The molecule has 0 saturated carbocycles. The lowest BCUT2D eigenvalue weighted by Gasteiger charge is -2.06. The fraction of sp³-hybridized carbons (Fsp3) is 0.750. The Bertz CT molecular complexity index is 332. The molecule has 0 spiro atoms. The van der Waals surface area contributed by atoms with Crippen LogP contribution in [0.2, 0.25) is 0 Å². The van der Waals surface area contributed by atoms with Gasteiger partial charge in [0.2, 0.25) is 5.82 Å². The highest BCUT2D eigenvalue weighted by Crippen LogP contribution is 2.29. The quantitative estimate of drug-likeness (QED) is 0.759. The number of rotatable bonds is 3. The number of alkyl halides is 3. The Kier molecular flexibility index (Phi) is 3.64. The van der Waals surface area contributed by atoms with E-state index in [0.29, 0.717) is 11.1 Å². The third-order valence-corrected chi connectivity index (χ3v) is 3.08. The van der Waals surface area contributed by atoms with Crippen molar-refractivity contribution in [3.63, 3.8) is 0 Å². The topological polar surface area (TPSA) is 30.7 Å². The summed E-state index contributed by atoms with van der Waals surface area (Å²) < 4.78 is 38.0. The lowest BCUT2D eigenvalue weighted by molar-refractivity contribution is -0.147. The third kappa shape index (κ3) is 3.12. The monoisotopic (exact) mass is 239 g/mol. The van der Waals surface area contributed by atoms with Gasteiger partial charge in [0.15, 0.2) is 5.16 Å². The average molecular weight is 239 g/mol. The second kappa shape index (κ2) is 4.42. The van der Waals surface area contributed by atoms with E-state index < -0.39 is 12.0 Å². The molecule has 1 aromatic rings. The molecule has 86 valence electrons. The minimum Gasteiger partial charge on any atom is -0.302 e. The minimum absolute atomic E-state index is 0.302. The van der Waals surface area contributed by atoms with Crippen LogP contribution in [0.15, 0.2) is 5.16 Å². The molecule has 1 rings (SSSR count). The van der Waals surface area contributed by atoms with Gasteiger partial charge in [0.1, 0.15) is 0 Å². The molecule has 0 aliphatic carbocycles. The van der Waals surface area contributed by atoms with Gasteiger partial charge >= 0.3 is 6.18 Å². The van der Waals surface area contributed by atoms with Gasteiger partial charge in [-0.05, 0) is 5.92 Å². The Morgan fingerprint density at radius 2 is 1.93 bits per heavy atom. The molecule has 0 unspecified atom stereocenters. The highest BCUT2D eigenvalue weighted by molar-refractivity contribution is 7.99. The normalized spacial score (nSPS) is 12.5. The molecule has 0 aliphatic rings. The van der Waals surface area contributed by atoms with Crippen LogP contribution in [0, 0.1) is 5.92 Å². The number of hydrogen-bond donors (Lipinski definition) is 0. The van der Waals surface area contributed by atoms with E-state index in [-0.39, 0.29) is 0 Å². The van der Waals surface area contributed by atoms with Crippen molar-refractivity contribution in [1.29, 1.82) is 0 Å². The molecule has 1 aromatic heterocycles. The number of nitrogens with zero attached hydrogens (tertiary/aromatic N) is 3. The fourth-order valence-electron chi connectivity index (χ4n) is 0.929. The van der Waals surface area contributed by atoms with Gasteiger partial charge in [-0.25, -0.2) is 0 Å². The van der Waals surface area contributed by atoms with Crippen molar-refractivity contribution in [1.82, 2.24) is 14.8 Å². The Hall–Kier alpha value is -0.720. The van der Waals surface area contributed by atoms with Crippen LogP contribution in [-0.4, -0.2) is 20.5 Å². The Labute approximate surface area is 90.1 Å². The molecule has 0 N–H and O–H groups in total. The first-order chi connectivity index (χ1) is 6.82. The van der Waals surface area contributed by atoms with E-state index in [2.05, 4.69) is 10.2 Å². The molecule has 0 radical (unpaired) electrons. The van der Waals surface area contributed by atoms with Gasteiger partial charge < -0.3 is 4.57 Å². The zero-order valence-corrected chi connectivity index (χ0v) is 9.48. The molecule has 15 heavy (non-hydrogen) atoms. The van der Waals surface area contributed by atoms with Gasteiger partial charge in [0.05, 0.1) is 0 Å². The van der Waals surface area contributed by atoms with E-state index in [1.54, 1.807) is 0 Å². The highest BCUT2D eigenvalue weighted by atomic mass is 32.2. The second-order valence-corrected chi connectivity index (χ2v) is 4.55. The van der Waals surface area contributed by atoms with E-state index >= 15 is 0 Å². The minimum atomic E-state index is -4.43. The maximum Gasteiger partial charge on any atom is 0.451 e. The first-order valence-corrected chi connectivity index (χ1v) is 5.40. The second-order valence-electron chi connectivity index (χ2n) is 3.57.